The lowest BCUT2D eigenvalue weighted by atomic mass is 10.2. The van der Waals surface area contributed by atoms with E-state index in [0.29, 0.717) is 6.54 Å². The molecule has 1 amide bonds. The van der Waals surface area contributed by atoms with Crippen molar-refractivity contribution in [2.45, 2.75) is 19.3 Å². The topological polar surface area (TPSA) is 76.7 Å². The minimum absolute atomic E-state index is 0.104. The van der Waals surface area contributed by atoms with E-state index in [9.17, 15) is 14.9 Å². The van der Waals surface area contributed by atoms with Crippen molar-refractivity contribution in [2.75, 3.05) is 26.2 Å². The highest BCUT2D eigenvalue weighted by atomic mass is 35.5. The quantitative estimate of drug-likeness (QED) is 0.468. The molecule has 0 aromatic heterocycles. The van der Waals surface area contributed by atoms with E-state index in [4.69, 9.17) is 11.6 Å². The molecular formula is C14H19ClN3O3+. The molecule has 1 heterocycles. The van der Waals surface area contributed by atoms with Gasteiger partial charge in [-0.15, -0.1) is 0 Å². The molecule has 0 aliphatic carbocycles. The molecule has 114 valence electrons. The molecule has 7 heteroatoms. The summed E-state index contributed by atoms with van der Waals surface area (Å²) >= 11 is 5.92. The maximum Gasteiger partial charge on any atom is 0.270 e. The Morgan fingerprint density at radius 1 is 1.38 bits per heavy atom. The second-order valence-electron chi connectivity index (χ2n) is 5.24. The van der Waals surface area contributed by atoms with E-state index >= 15 is 0 Å². The van der Waals surface area contributed by atoms with E-state index in [-0.39, 0.29) is 22.2 Å². The second kappa shape index (κ2) is 7.38. The molecule has 0 atom stereocenters. The first-order valence-electron chi connectivity index (χ1n) is 7.13. The van der Waals surface area contributed by atoms with Crippen molar-refractivity contribution in [3.05, 3.63) is 38.9 Å². The summed E-state index contributed by atoms with van der Waals surface area (Å²) in [6.45, 7) is 4.11. The van der Waals surface area contributed by atoms with Crippen molar-refractivity contribution in [1.82, 2.24) is 5.32 Å². The molecule has 2 N–H and O–H groups in total. The molecule has 0 radical (unpaired) electrons. The number of quaternary nitrogens is 1. The maximum absolute atomic E-state index is 12.0. The molecule has 1 aromatic rings. The number of likely N-dealkylation sites (tertiary alicyclic amines) is 1. The highest BCUT2D eigenvalue weighted by Gasteiger charge is 2.16. The van der Waals surface area contributed by atoms with Crippen molar-refractivity contribution < 1.29 is 14.6 Å². The highest BCUT2D eigenvalue weighted by Crippen LogP contribution is 2.22. The molecule has 0 bridgehead atoms. The van der Waals surface area contributed by atoms with Gasteiger partial charge in [-0.3, -0.25) is 14.9 Å². The Morgan fingerprint density at radius 3 is 2.71 bits per heavy atom. The number of benzene rings is 1. The monoisotopic (exact) mass is 312 g/mol. The van der Waals surface area contributed by atoms with Crippen LogP contribution in [0.25, 0.3) is 0 Å². The van der Waals surface area contributed by atoms with Crippen molar-refractivity contribution >= 4 is 23.2 Å². The number of non-ortho nitro benzene ring substituents is 1. The smallest absolute Gasteiger partial charge is 0.270 e. The molecule has 1 fully saturated rings. The number of nitrogens with one attached hydrogen (secondary N) is 2. The minimum atomic E-state index is -0.535. The Balaban J connectivity index is 1.81. The van der Waals surface area contributed by atoms with Gasteiger partial charge in [-0.2, -0.15) is 0 Å². The molecule has 2 rings (SSSR count). The van der Waals surface area contributed by atoms with Crippen molar-refractivity contribution in [1.29, 1.82) is 0 Å². The second-order valence-corrected chi connectivity index (χ2v) is 5.65. The number of nitro benzene ring substituents is 1. The summed E-state index contributed by atoms with van der Waals surface area (Å²) in [5.74, 6) is -0.286. The van der Waals surface area contributed by atoms with E-state index < -0.39 is 4.92 Å². The number of carbonyl (C=O) groups is 1. The van der Waals surface area contributed by atoms with Crippen LogP contribution in [0.15, 0.2) is 18.2 Å². The fourth-order valence-electron chi connectivity index (χ4n) is 2.56. The zero-order valence-corrected chi connectivity index (χ0v) is 12.5. The van der Waals surface area contributed by atoms with Gasteiger partial charge < -0.3 is 10.2 Å². The van der Waals surface area contributed by atoms with Crippen LogP contribution in [0.3, 0.4) is 0 Å². The number of nitro groups is 1. The first kappa shape index (κ1) is 15.7. The standard InChI is InChI=1S/C14H18ClN3O3/c15-13-10-11(18(20)21)4-5-12(13)14(19)16-6-3-9-17-7-1-2-8-17/h4-5,10H,1-3,6-9H2,(H,16,19)/p+1. The van der Waals surface area contributed by atoms with E-state index in [0.717, 1.165) is 13.0 Å². The van der Waals surface area contributed by atoms with Crippen molar-refractivity contribution in [2.24, 2.45) is 0 Å². The lowest BCUT2D eigenvalue weighted by molar-refractivity contribution is -0.887. The van der Waals surface area contributed by atoms with Crippen LogP contribution in [0, 0.1) is 10.1 Å². The third-order valence-corrected chi connectivity index (χ3v) is 4.02. The zero-order chi connectivity index (χ0) is 15.2. The van der Waals surface area contributed by atoms with Crippen LogP contribution in [-0.2, 0) is 0 Å². The molecule has 0 unspecified atom stereocenters. The van der Waals surface area contributed by atoms with Crippen LogP contribution >= 0.6 is 11.6 Å². The van der Waals surface area contributed by atoms with Gasteiger partial charge in [0, 0.05) is 37.9 Å². The van der Waals surface area contributed by atoms with E-state index in [2.05, 4.69) is 5.32 Å². The van der Waals surface area contributed by atoms with Crippen LogP contribution in [0.1, 0.15) is 29.6 Å². The van der Waals surface area contributed by atoms with Gasteiger partial charge >= 0.3 is 0 Å². The number of hydrogen-bond acceptors (Lipinski definition) is 3. The molecule has 0 spiro atoms. The predicted octanol–water partition coefficient (Wildman–Crippen LogP) is 1.05. The number of rotatable bonds is 6. The van der Waals surface area contributed by atoms with Crippen molar-refractivity contribution in [3.63, 3.8) is 0 Å². The van der Waals surface area contributed by atoms with Gasteiger partial charge in [-0.05, 0) is 6.07 Å². The molecule has 6 nitrogen and oxygen atoms in total. The minimum Gasteiger partial charge on any atom is -0.352 e. The molecule has 21 heavy (non-hydrogen) atoms. The molecule has 1 saturated heterocycles. The Bertz CT molecular complexity index is 530. The largest absolute Gasteiger partial charge is 0.352 e. The summed E-state index contributed by atoms with van der Waals surface area (Å²) in [7, 11) is 0. The average molecular weight is 313 g/mol. The van der Waals surface area contributed by atoms with Gasteiger partial charge in [0.25, 0.3) is 11.6 Å². The van der Waals surface area contributed by atoms with Gasteiger partial charge in [0.1, 0.15) is 0 Å². The fraction of sp³-hybridized carbons (Fsp3) is 0.500. The Kier molecular flexibility index (Phi) is 5.52. The third-order valence-electron chi connectivity index (χ3n) is 3.71. The van der Waals surface area contributed by atoms with Gasteiger partial charge in [-0.25, -0.2) is 0 Å². The third kappa shape index (κ3) is 4.41. The summed E-state index contributed by atoms with van der Waals surface area (Å²) in [4.78, 5) is 23.6. The number of nitrogens with zero attached hydrogens (tertiary/aromatic N) is 1. The summed E-state index contributed by atoms with van der Waals surface area (Å²) in [6.07, 6.45) is 3.51. The highest BCUT2D eigenvalue weighted by molar-refractivity contribution is 6.34. The Hall–Kier alpha value is -1.66. The van der Waals surface area contributed by atoms with Crippen LogP contribution in [-0.4, -0.2) is 37.0 Å². The number of carbonyl (C=O) groups excluding carboxylic acids is 1. The molecule has 0 saturated carbocycles. The average Bonchev–Trinajstić information content (AvgIpc) is 2.96. The summed E-state index contributed by atoms with van der Waals surface area (Å²) in [5, 5.41) is 13.5. The van der Waals surface area contributed by atoms with Crippen LogP contribution in [0.5, 0.6) is 0 Å². The molecular weight excluding hydrogens is 294 g/mol. The molecule has 1 aromatic carbocycles. The first-order valence-corrected chi connectivity index (χ1v) is 7.51. The van der Waals surface area contributed by atoms with Gasteiger partial charge in [-0.1, -0.05) is 11.6 Å². The van der Waals surface area contributed by atoms with Crippen LogP contribution in [0.2, 0.25) is 5.02 Å². The number of amides is 1. The number of hydrogen-bond donors (Lipinski definition) is 2. The lowest BCUT2D eigenvalue weighted by Crippen LogP contribution is -3.10. The van der Waals surface area contributed by atoms with E-state index in [1.807, 2.05) is 0 Å². The van der Waals surface area contributed by atoms with Gasteiger partial charge in [0.2, 0.25) is 0 Å². The summed E-state index contributed by atoms with van der Waals surface area (Å²) < 4.78 is 0. The van der Waals surface area contributed by atoms with Crippen LogP contribution < -0.4 is 10.2 Å². The zero-order valence-electron chi connectivity index (χ0n) is 11.7. The normalized spacial score (nSPS) is 15.1. The number of halogens is 1. The van der Waals surface area contributed by atoms with E-state index in [1.165, 1.54) is 44.1 Å². The van der Waals surface area contributed by atoms with Crippen molar-refractivity contribution in [3.8, 4) is 0 Å². The molecule has 1 aliphatic heterocycles. The maximum atomic E-state index is 12.0. The summed E-state index contributed by atoms with van der Waals surface area (Å²) in [6, 6.07) is 3.88. The molecule has 1 aliphatic rings. The van der Waals surface area contributed by atoms with Crippen LogP contribution in [0.4, 0.5) is 5.69 Å². The van der Waals surface area contributed by atoms with Gasteiger partial charge in [0.05, 0.1) is 35.1 Å². The first-order chi connectivity index (χ1) is 10.1. The van der Waals surface area contributed by atoms with Gasteiger partial charge in [0.15, 0.2) is 0 Å². The SMILES string of the molecule is O=C(NCCC[NH+]1CCCC1)c1ccc([N+](=O)[O-])cc1Cl. The predicted molar refractivity (Wildman–Crippen MR) is 79.9 cm³/mol. The Morgan fingerprint density at radius 2 is 2.10 bits per heavy atom. The lowest BCUT2D eigenvalue weighted by Gasteiger charge is -2.12. The Labute approximate surface area is 128 Å². The van der Waals surface area contributed by atoms with E-state index in [1.54, 1.807) is 4.90 Å². The summed E-state index contributed by atoms with van der Waals surface area (Å²) in [5.41, 5.74) is 0.157. The fourth-order valence-corrected chi connectivity index (χ4v) is 2.82.